The maximum Gasteiger partial charge on any atom is 2.00 e. The molecule has 0 aromatic heterocycles. The van der Waals surface area contributed by atoms with E-state index in [9.17, 15) is 0 Å². The fourth-order valence-electron chi connectivity index (χ4n) is 2.01. The molecule has 0 atom stereocenters. The van der Waals surface area contributed by atoms with Crippen LogP contribution in [0.1, 0.15) is 76.2 Å². The molecule has 0 aliphatic heterocycles. The Balaban J connectivity index is -0.0000000608. The minimum Gasteiger partial charge on any atom is -0.550 e. The second-order valence-corrected chi connectivity index (χ2v) is 5.84. The van der Waals surface area contributed by atoms with Crippen molar-refractivity contribution in [3.05, 3.63) is 0 Å². The van der Waals surface area contributed by atoms with Crippen LogP contribution in [0.3, 0.4) is 0 Å². The molecule has 0 rings (SSSR count). The average molecular weight is 528 g/mol. The summed E-state index contributed by atoms with van der Waals surface area (Å²) in [5.41, 5.74) is 0. The Bertz CT molecular complexity index is 246. The van der Waals surface area contributed by atoms with E-state index in [1.54, 1.807) is 0 Å². The quantitative estimate of drug-likeness (QED) is 0.420. The van der Waals surface area contributed by atoms with Gasteiger partial charge in [0.2, 0.25) is 0 Å². The first-order chi connectivity index (χ1) is 13.5. The van der Waals surface area contributed by atoms with Crippen molar-refractivity contribution < 1.29 is 40.2 Å². The third-order valence-electron chi connectivity index (χ3n) is 4.02. The van der Waals surface area contributed by atoms with Gasteiger partial charge in [-0.15, -0.1) is 0 Å². The molecule has 0 unspecified atom stereocenters. The second kappa shape index (κ2) is 39.0. The molecule has 0 N–H and O–H groups in total. The average Bonchev–Trinajstić information content (AvgIpc) is 2.66. The summed E-state index contributed by atoms with van der Waals surface area (Å²) in [6.07, 6.45) is 0. The van der Waals surface area contributed by atoms with Crippen molar-refractivity contribution in [1.29, 1.82) is 0 Å². The van der Waals surface area contributed by atoms with Crippen LogP contribution >= 0.6 is 0 Å². The van der Waals surface area contributed by atoms with Gasteiger partial charge in [0.15, 0.2) is 0 Å². The molecule has 0 saturated carbocycles. The molecular formula is C22H51N3O4Pd. The second-order valence-electron chi connectivity index (χ2n) is 5.84. The maximum atomic E-state index is 8.89. The molecule has 0 amide bonds. The molecule has 7 nitrogen and oxygen atoms in total. The fourth-order valence-corrected chi connectivity index (χ4v) is 2.01. The van der Waals surface area contributed by atoms with Gasteiger partial charge in [-0.3, -0.25) is 0 Å². The number of hydrogen-bond acceptors (Lipinski definition) is 7. The number of rotatable bonds is 9. The monoisotopic (exact) mass is 527 g/mol. The fraction of sp³-hybridized carbons (Fsp3) is 0.909. The molecule has 0 spiro atoms. The predicted molar refractivity (Wildman–Crippen MR) is 122 cm³/mol. The van der Waals surface area contributed by atoms with Crippen LogP contribution in [0, 0.1) is 0 Å². The van der Waals surface area contributed by atoms with Crippen LogP contribution in [0.25, 0.3) is 0 Å². The van der Waals surface area contributed by atoms with Crippen LogP contribution < -0.4 is 10.2 Å². The molecule has 0 fully saturated rings. The van der Waals surface area contributed by atoms with Crippen molar-refractivity contribution in [2.75, 3.05) is 58.9 Å². The van der Waals surface area contributed by atoms with Crippen molar-refractivity contribution in [1.82, 2.24) is 14.7 Å². The standard InChI is InChI=1S/3C6H15N.2C2H4O2.Pd/c3*1-4-7(5-2)6-3;2*1-2(3)4;/h3*4-6H2,1-3H3;2*1H3,(H,3,4);/q;;;;;+2/p-2. The molecule has 0 aromatic rings. The number of hydrogen-bond donors (Lipinski definition) is 0. The van der Waals surface area contributed by atoms with Crippen LogP contribution in [0.15, 0.2) is 0 Å². The molecule has 0 radical (unpaired) electrons. The number of nitrogens with zero attached hydrogens (tertiary/aromatic N) is 3. The maximum absolute atomic E-state index is 8.89. The largest absolute Gasteiger partial charge is 2.00 e. The third-order valence-corrected chi connectivity index (χ3v) is 4.02. The van der Waals surface area contributed by atoms with E-state index in [-0.39, 0.29) is 20.4 Å². The van der Waals surface area contributed by atoms with Gasteiger partial charge < -0.3 is 34.5 Å². The molecule has 0 saturated heterocycles. The Kier molecular flexibility index (Phi) is 56.4. The van der Waals surface area contributed by atoms with E-state index in [0.717, 1.165) is 13.8 Å². The first-order valence-electron chi connectivity index (χ1n) is 11.0. The Hall–Kier alpha value is -0.518. The van der Waals surface area contributed by atoms with E-state index in [1.807, 2.05) is 0 Å². The van der Waals surface area contributed by atoms with Crippen molar-refractivity contribution in [3.63, 3.8) is 0 Å². The molecule has 30 heavy (non-hydrogen) atoms. The summed E-state index contributed by atoms with van der Waals surface area (Å²) in [6.45, 7) is 32.3. The van der Waals surface area contributed by atoms with Crippen molar-refractivity contribution in [3.8, 4) is 0 Å². The summed E-state index contributed by atoms with van der Waals surface area (Å²) in [7, 11) is 0. The van der Waals surface area contributed by atoms with E-state index in [0.29, 0.717) is 0 Å². The number of carboxylic acid groups (broad SMARTS) is 2. The normalized spacial score (nSPS) is 8.87. The van der Waals surface area contributed by atoms with Crippen molar-refractivity contribution in [2.24, 2.45) is 0 Å². The summed E-state index contributed by atoms with van der Waals surface area (Å²) in [4.78, 5) is 24.9. The molecule has 0 aliphatic rings. The molecule has 0 aliphatic carbocycles. The predicted octanol–water partition coefficient (Wildman–Crippen LogP) is 1.55. The topological polar surface area (TPSA) is 90.0 Å². The van der Waals surface area contributed by atoms with Gasteiger partial charge in [-0.1, -0.05) is 62.3 Å². The first kappa shape index (κ1) is 43.4. The number of carbonyl (C=O) groups is 2. The zero-order valence-corrected chi connectivity index (χ0v) is 23.2. The molecular weight excluding hydrogens is 477 g/mol. The van der Waals surface area contributed by atoms with E-state index < -0.39 is 11.9 Å². The van der Waals surface area contributed by atoms with Crippen LogP contribution in [-0.2, 0) is 30.0 Å². The summed E-state index contributed by atoms with van der Waals surface area (Å²) in [6, 6.07) is 0. The minimum absolute atomic E-state index is 0. The molecule has 0 aromatic carbocycles. The molecule has 188 valence electrons. The van der Waals surface area contributed by atoms with E-state index >= 15 is 0 Å². The minimum atomic E-state index is -1.08. The molecule has 8 heteroatoms. The summed E-state index contributed by atoms with van der Waals surface area (Å²) < 4.78 is 0. The first-order valence-corrected chi connectivity index (χ1v) is 11.0. The van der Waals surface area contributed by atoms with Crippen LogP contribution in [0.4, 0.5) is 0 Å². The Morgan fingerprint density at radius 3 is 0.533 bits per heavy atom. The van der Waals surface area contributed by atoms with Gasteiger partial charge >= 0.3 is 20.4 Å². The van der Waals surface area contributed by atoms with Gasteiger partial charge in [-0.25, -0.2) is 0 Å². The van der Waals surface area contributed by atoms with Gasteiger partial charge in [0.05, 0.1) is 0 Å². The number of carbonyl (C=O) groups excluding carboxylic acids is 2. The van der Waals surface area contributed by atoms with Crippen molar-refractivity contribution in [2.45, 2.75) is 76.2 Å². The van der Waals surface area contributed by atoms with E-state index in [1.165, 1.54) is 58.9 Å². The van der Waals surface area contributed by atoms with E-state index in [2.05, 4.69) is 77.0 Å². The smallest absolute Gasteiger partial charge is 0.550 e. The summed E-state index contributed by atoms with van der Waals surface area (Å²) in [5, 5.41) is 17.8. The van der Waals surface area contributed by atoms with Crippen LogP contribution in [0.2, 0.25) is 0 Å². The SMILES string of the molecule is CC(=O)[O-].CC(=O)[O-].CCN(CC)CC.CCN(CC)CC.CCN(CC)CC.[Pd+2]. The van der Waals surface area contributed by atoms with Gasteiger partial charge in [0.1, 0.15) is 0 Å². The van der Waals surface area contributed by atoms with E-state index in [4.69, 9.17) is 19.8 Å². The van der Waals surface area contributed by atoms with Gasteiger partial charge in [0.25, 0.3) is 0 Å². The zero-order valence-electron chi connectivity index (χ0n) is 21.7. The summed E-state index contributed by atoms with van der Waals surface area (Å²) >= 11 is 0. The Morgan fingerprint density at radius 1 is 0.467 bits per heavy atom. The third kappa shape index (κ3) is 63.1. The van der Waals surface area contributed by atoms with Gasteiger partial charge in [0, 0.05) is 11.9 Å². The number of carboxylic acids is 2. The van der Waals surface area contributed by atoms with Crippen LogP contribution in [-0.4, -0.2) is 85.5 Å². The van der Waals surface area contributed by atoms with Gasteiger partial charge in [-0.2, -0.15) is 0 Å². The Labute approximate surface area is 201 Å². The summed E-state index contributed by atoms with van der Waals surface area (Å²) in [5.74, 6) is -2.17. The van der Waals surface area contributed by atoms with Crippen molar-refractivity contribution >= 4 is 11.9 Å². The van der Waals surface area contributed by atoms with Crippen LogP contribution in [0.5, 0.6) is 0 Å². The zero-order chi connectivity index (χ0) is 24.3. The molecule has 0 bridgehead atoms. The Morgan fingerprint density at radius 2 is 0.533 bits per heavy atom. The molecule has 0 heterocycles. The number of aliphatic carboxylic acids is 2. The van der Waals surface area contributed by atoms with Gasteiger partial charge in [-0.05, 0) is 72.8 Å².